The Morgan fingerprint density at radius 3 is 1.89 bits per heavy atom. The van der Waals surface area contributed by atoms with Crippen molar-refractivity contribution in [2.45, 2.75) is 71.6 Å². The Hall–Kier alpha value is -2.49. The molecule has 0 saturated heterocycles. The molecule has 4 amide bonds. The van der Waals surface area contributed by atoms with Crippen molar-refractivity contribution < 1.29 is 24.0 Å². The van der Waals surface area contributed by atoms with Crippen molar-refractivity contribution in [3.63, 3.8) is 0 Å². The zero-order valence-corrected chi connectivity index (χ0v) is 17.2. The van der Waals surface area contributed by atoms with Crippen molar-refractivity contribution in [1.29, 1.82) is 0 Å². The summed E-state index contributed by atoms with van der Waals surface area (Å²) in [6, 6.07) is -3.81. The third kappa shape index (κ3) is 8.47. The predicted molar refractivity (Wildman–Crippen MR) is 104 cm³/mol. The molecule has 160 valence electrons. The van der Waals surface area contributed by atoms with E-state index in [1.807, 2.05) is 6.92 Å². The predicted octanol–water partition coefficient (Wildman–Crippen LogP) is -1.44. The van der Waals surface area contributed by atoms with Gasteiger partial charge in [-0.3, -0.25) is 19.2 Å². The largest absolute Gasteiger partial charge is 0.370 e. The van der Waals surface area contributed by atoms with Crippen LogP contribution in [0.4, 0.5) is 0 Å². The highest BCUT2D eigenvalue weighted by Gasteiger charge is 2.32. The summed E-state index contributed by atoms with van der Waals surface area (Å²) >= 11 is 0. The van der Waals surface area contributed by atoms with Crippen LogP contribution in [0.5, 0.6) is 0 Å². The lowest BCUT2D eigenvalue weighted by Crippen LogP contribution is -2.59. The first-order chi connectivity index (χ1) is 12.9. The van der Waals surface area contributed by atoms with Gasteiger partial charge in [-0.25, -0.2) is 0 Å². The number of aldehydes is 1. The Balaban J connectivity index is 5.42. The monoisotopic (exact) mass is 399 g/mol. The number of carbonyl (C=O) groups is 5. The molecule has 0 bridgehead atoms. The molecule has 0 aromatic heterocycles. The normalized spacial score (nSPS) is 16.2. The van der Waals surface area contributed by atoms with Gasteiger partial charge in [0.05, 0.1) is 18.5 Å². The average Bonchev–Trinajstić information content (AvgIpc) is 2.61. The van der Waals surface area contributed by atoms with Gasteiger partial charge in [0, 0.05) is 0 Å². The third-order valence-electron chi connectivity index (χ3n) is 4.42. The van der Waals surface area contributed by atoms with Crippen molar-refractivity contribution in [1.82, 2.24) is 16.0 Å². The summed E-state index contributed by atoms with van der Waals surface area (Å²) in [4.78, 5) is 59.5. The van der Waals surface area contributed by atoms with Gasteiger partial charge in [0.2, 0.25) is 23.6 Å². The van der Waals surface area contributed by atoms with Crippen LogP contribution in [0, 0.1) is 11.8 Å². The lowest BCUT2D eigenvalue weighted by atomic mass is 9.96. The van der Waals surface area contributed by atoms with Gasteiger partial charge < -0.3 is 32.2 Å². The highest BCUT2D eigenvalue weighted by Crippen LogP contribution is 2.10. The van der Waals surface area contributed by atoms with Crippen LogP contribution in [0.15, 0.2) is 0 Å². The number of nitrogens with two attached hydrogens (primary N) is 2. The zero-order valence-electron chi connectivity index (χ0n) is 17.2. The van der Waals surface area contributed by atoms with Crippen LogP contribution in [0.3, 0.4) is 0 Å². The molecule has 7 N–H and O–H groups in total. The van der Waals surface area contributed by atoms with Gasteiger partial charge >= 0.3 is 0 Å². The highest BCUT2D eigenvalue weighted by atomic mass is 16.2. The summed E-state index contributed by atoms with van der Waals surface area (Å²) in [6.45, 7) is 8.59. The van der Waals surface area contributed by atoms with Gasteiger partial charge in [-0.2, -0.15) is 0 Å². The van der Waals surface area contributed by atoms with E-state index in [-0.39, 0.29) is 11.8 Å². The number of rotatable bonds is 12. The molecule has 0 saturated carbocycles. The van der Waals surface area contributed by atoms with Crippen molar-refractivity contribution in [2.24, 2.45) is 23.3 Å². The van der Waals surface area contributed by atoms with E-state index >= 15 is 0 Å². The fourth-order valence-corrected chi connectivity index (χ4v) is 2.28. The van der Waals surface area contributed by atoms with Crippen LogP contribution < -0.4 is 27.4 Å². The molecular formula is C18H33N5O5. The van der Waals surface area contributed by atoms with Crippen LogP contribution in [-0.4, -0.2) is 54.1 Å². The van der Waals surface area contributed by atoms with Crippen LogP contribution in [0.2, 0.25) is 0 Å². The number of carbonyl (C=O) groups excluding carboxylic acids is 5. The smallest absolute Gasteiger partial charge is 0.243 e. The van der Waals surface area contributed by atoms with Gasteiger partial charge in [0.1, 0.15) is 18.4 Å². The molecule has 0 aromatic rings. The van der Waals surface area contributed by atoms with Crippen LogP contribution in [0.1, 0.15) is 47.5 Å². The van der Waals surface area contributed by atoms with Gasteiger partial charge in [-0.05, 0) is 18.8 Å². The molecule has 0 fully saturated rings. The van der Waals surface area contributed by atoms with Crippen molar-refractivity contribution in [3.8, 4) is 0 Å². The van der Waals surface area contributed by atoms with E-state index in [0.29, 0.717) is 12.7 Å². The van der Waals surface area contributed by atoms with E-state index in [1.54, 1.807) is 20.8 Å². The second kappa shape index (κ2) is 12.1. The molecule has 0 heterocycles. The topological polar surface area (TPSA) is 173 Å². The molecule has 0 unspecified atom stereocenters. The molecule has 10 nitrogen and oxygen atoms in total. The molecule has 0 aromatic carbocycles. The van der Waals surface area contributed by atoms with Crippen LogP contribution in [0.25, 0.3) is 0 Å². The van der Waals surface area contributed by atoms with Gasteiger partial charge in [-0.1, -0.05) is 34.1 Å². The summed E-state index contributed by atoms with van der Waals surface area (Å²) in [5, 5.41) is 7.51. The van der Waals surface area contributed by atoms with Gasteiger partial charge in [-0.15, -0.1) is 0 Å². The summed E-state index contributed by atoms with van der Waals surface area (Å²) in [5.74, 6) is -3.07. The minimum atomic E-state index is -1.26. The molecule has 0 aliphatic rings. The van der Waals surface area contributed by atoms with E-state index < -0.39 is 54.2 Å². The van der Waals surface area contributed by atoms with E-state index in [1.165, 1.54) is 6.92 Å². The minimum Gasteiger partial charge on any atom is -0.370 e. The molecule has 0 aliphatic carbocycles. The molecule has 28 heavy (non-hydrogen) atoms. The second-order valence-electron chi connectivity index (χ2n) is 7.31. The van der Waals surface area contributed by atoms with Crippen molar-refractivity contribution in [2.75, 3.05) is 0 Å². The van der Waals surface area contributed by atoms with Crippen LogP contribution in [-0.2, 0) is 24.0 Å². The van der Waals surface area contributed by atoms with E-state index in [0.717, 1.165) is 0 Å². The second-order valence-corrected chi connectivity index (χ2v) is 7.31. The number of hydrogen-bond acceptors (Lipinski definition) is 6. The van der Waals surface area contributed by atoms with Crippen molar-refractivity contribution in [3.05, 3.63) is 0 Å². The number of primary amides is 1. The molecule has 0 radical (unpaired) electrons. The maximum atomic E-state index is 12.6. The molecular weight excluding hydrogens is 366 g/mol. The number of amides is 4. The first kappa shape index (κ1) is 25.5. The number of nitrogens with one attached hydrogen (secondary N) is 3. The lowest BCUT2D eigenvalue weighted by Gasteiger charge is -2.28. The fraction of sp³-hybridized carbons (Fsp3) is 0.722. The summed E-state index contributed by atoms with van der Waals surface area (Å²) in [6.07, 6.45) is 0.761. The average molecular weight is 399 g/mol. The fourth-order valence-electron chi connectivity index (χ4n) is 2.28. The third-order valence-corrected chi connectivity index (χ3v) is 4.42. The molecule has 0 rings (SSSR count). The van der Waals surface area contributed by atoms with Crippen LogP contribution >= 0.6 is 0 Å². The van der Waals surface area contributed by atoms with Crippen molar-refractivity contribution >= 4 is 29.9 Å². The maximum Gasteiger partial charge on any atom is 0.243 e. The lowest BCUT2D eigenvalue weighted by molar-refractivity contribution is -0.135. The zero-order chi connectivity index (χ0) is 22.0. The van der Waals surface area contributed by atoms with Gasteiger partial charge in [0.25, 0.3) is 0 Å². The Morgan fingerprint density at radius 1 is 0.929 bits per heavy atom. The quantitative estimate of drug-likeness (QED) is 0.251. The maximum absolute atomic E-state index is 12.6. The van der Waals surface area contributed by atoms with Gasteiger partial charge in [0.15, 0.2) is 0 Å². The first-order valence-electron chi connectivity index (χ1n) is 9.34. The Labute approximate surface area is 165 Å². The molecule has 5 atom stereocenters. The summed E-state index contributed by atoms with van der Waals surface area (Å²) < 4.78 is 0. The standard InChI is InChI=1S/C18H33N5O5/c1-6-10(4)15(18(28)22-13(8-24)9(2)3)23-17(27)12(7-14(20)25)21-16(26)11(5)19/h8-13,15H,6-7,19H2,1-5H3,(H2,20,25)(H,21,26)(H,22,28)(H,23,27)/t10-,11-,12-,13+,15-/m0/s1. The highest BCUT2D eigenvalue weighted by molar-refractivity contribution is 5.95. The Morgan fingerprint density at radius 2 is 1.50 bits per heavy atom. The van der Waals surface area contributed by atoms with E-state index in [9.17, 15) is 24.0 Å². The van der Waals surface area contributed by atoms with E-state index in [2.05, 4.69) is 16.0 Å². The first-order valence-corrected chi connectivity index (χ1v) is 9.34. The Kier molecular flexibility index (Phi) is 11.0. The molecule has 0 spiro atoms. The molecule has 10 heteroatoms. The summed E-state index contributed by atoms with van der Waals surface area (Å²) in [5.41, 5.74) is 10.6. The SMILES string of the molecule is CC[C@H](C)[C@H](NC(=O)[C@H](CC(N)=O)NC(=O)[C@H](C)N)C(=O)N[C@H](C=O)C(C)C. The number of hydrogen-bond donors (Lipinski definition) is 5. The minimum absolute atomic E-state index is 0.123. The molecule has 0 aliphatic heterocycles. The summed E-state index contributed by atoms with van der Waals surface area (Å²) in [7, 11) is 0. The Bertz CT molecular complexity index is 579. The van der Waals surface area contributed by atoms with E-state index in [4.69, 9.17) is 11.5 Å².